The number of carbonyl (C=O) groups is 1. The maximum Gasteiger partial charge on any atom is 0.260 e. The van der Waals surface area contributed by atoms with E-state index in [2.05, 4.69) is 5.32 Å². The van der Waals surface area contributed by atoms with Crippen molar-refractivity contribution >= 4 is 11.6 Å². The summed E-state index contributed by atoms with van der Waals surface area (Å²) in [6.07, 6.45) is 1.23. The first-order valence-electron chi connectivity index (χ1n) is 5.00. The van der Waals surface area contributed by atoms with Gasteiger partial charge in [-0.2, -0.15) is 5.26 Å². The minimum absolute atomic E-state index is 0.170. The van der Waals surface area contributed by atoms with Gasteiger partial charge in [-0.05, 0) is 0 Å². The van der Waals surface area contributed by atoms with Crippen LogP contribution in [0.4, 0.5) is 5.69 Å². The van der Waals surface area contributed by atoms with Crippen LogP contribution in [0.25, 0.3) is 0 Å². The predicted octanol–water partition coefficient (Wildman–Crippen LogP) is 1.01. The van der Waals surface area contributed by atoms with Crippen LogP contribution >= 0.6 is 0 Å². The summed E-state index contributed by atoms with van der Waals surface area (Å²) in [5.74, 6) is 0.380. The number of amides is 1. The van der Waals surface area contributed by atoms with Crippen molar-refractivity contribution in [1.29, 1.82) is 5.26 Å². The van der Waals surface area contributed by atoms with Crippen LogP contribution in [-0.2, 0) is 4.79 Å². The average molecular weight is 247 g/mol. The molecule has 0 fully saturated rings. The van der Waals surface area contributed by atoms with Gasteiger partial charge in [0.1, 0.15) is 23.1 Å². The molecule has 1 rings (SSSR count). The molecule has 0 radical (unpaired) electrons. The van der Waals surface area contributed by atoms with Gasteiger partial charge in [0.05, 0.1) is 14.2 Å². The number of methoxy groups -OCH3 is 2. The third kappa shape index (κ3) is 3.42. The Hall–Kier alpha value is -2.68. The van der Waals surface area contributed by atoms with Gasteiger partial charge >= 0.3 is 0 Å². The quantitative estimate of drug-likeness (QED) is 0.597. The fourth-order valence-corrected chi connectivity index (χ4v) is 1.20. The zero-order valence-electron chi connectivity index (χ0n) is 10.1. The summed E-state index contributed by atoms with van der Waals surface area (Å²) < 4.78 is 10.2. The Labute approximate surface area is 105 Å². The lowest BCUT2D eigenvalue weighted by molar-refractivity contribution is -0.114. The highest BCUT2D eigenvalue weighted by molar-refractivity contribution is 5.96. The number of nitrogens with two attached hydrogens (primary N) is 1. The van der Waals surface area contributed by atoms with E-state index in [4.69, 9.17) is 20.5 Å². The number of hydrogen-bond acceptors (Lipinski definition) is 5. The summed E-state index contributed by atoms with van der Waals surface area (Å²) in [4.78, 5) is 10.8. The summed E-state index contributed by atoms with van der Waals surface area (Å²) in [5, 5.41) is 11.4. The predicted molar refractivity (Wildman–Crippen MR) is 66.1 cm³/mol. The molecule has 0 aliphatic heterocycles. The van der Waals surface area contributed by atoms with Crippen LogP contribution in [0.3, 0.4) is 0 Å². The standard InChI is InChI=1S/C12H13N3O3/c1-17-10-3-9(4-11(5-10)18-2)15-7-8(6-13)12(14)16/h3-5,7,15H,1-2H3,(H2,14,16)/b8-7-. The molecule has 6 heteroatoms. The molecule has 0 saturated heterocycles. The van der Waals surface area contributed by atoms with Crippen molar-refractivity contribution in [3.8, 4) is 17.6 Å². The molecular weight excluding hydrogens is 234 g/mol. The van der Waals surface area contributed by atoms with E-state index in [0.29, 0.717) is 17.2 Å². The number of ether oxygens (including phenoxy) is 2. The van der Waals surface area contributed by atoms with E-state index >= 15 is 0 Å². The van der Waals surface area contributed by atoms with Gasteiger partial charge in [-0.3, -0.25) is 4.79 Å². The van der Waals surface area contributed by atoms with Gasteiger partial charge in [-0.25, -0.2) is 0 Å². The first-order chi connectivity index (χ1) is 8.60. The molecule has 1 amide bonds. The number of nitrogens with zero attached hydrogens (tertiary/aromatic N) is 1. The Morgan fingerprint density at radius 1 is 1.33 bits per heavy atom. The fourth-order valence-electron chi connectivity index (χ4n) is 1.20. The zero-order chi connectivity index (χ0) is 13.5. The molecule has 0 atom stereocenters. The third-order valence-electron chi connectivity index (χ3n) is 2.12. The number of benzene rings is 1. The van der Waals surface area contributed by atoms with Crippen molar-refractivity contribution in [3.05, 3.63) is 30.0 Å². The van der Waals surface area contributed by atoms with Gasteiger partial charge in [0.25, 0.3) is 5.91 Å². The van der Waals surface area contributed by atoms with Gasteiger partial charge < -0.3 is 20.5 Å². The number of nitriles is 1. The maximum atomic E-state index is 10.8. The van der Waals surface area contributed by atoms with Crippen LogP contribution in [-0.4, -0.2) is 20.1 Å². The Balaban J connectivity index is 2.97. The van der Waals surface area contributed by atoms with Crippen LogP contribution in [0.15, 0.2) is 30.0 Å². The van der Waals surface area contributed by atoms with Crippen LogP contribution in [0.1, 0.15) is 0 Å². The van der Waals surface area contributed by atoms with E-state index in [-0.39, 0.29) is 5.57 Å². The maximum absolute atomic E-state index is 10.8. The van der Waals surface area contributed by atoms with Crippen molar-refractivity contribution < 1.29 is 14.3 Å². The van der Waals surface area contributed by atoms with E-state index in [0.717, 1.165) is 0 Å². The number of nitrogens with one attached hydrogen (secondary N) is 1. The van der Waals surface area contributed by atoms with Crippen molar-refractivity contribution in [2.45, 2.75) is 0 Å². The molecule has 6 nitrogen and oxygen atoms in total. The molecular formula is C12H13N3O3. The van der Waals surface area contributed by atoms with Crippen molar-refractivity contribution in [2.24, 2.45) is 5.73 Å². The lowest BCUT2D eigenvalue weighted by atomic mass is 10.2. The number of anilines is 1. The van der Waals surface area contributed by atoms with E-state index in [1.165, 1.54) is 20.4 Å². The van der Waals surface area contributed by atoms with Crippen molar-refractivity contribution in [2.75, 3.05) is 19.5 Å². The van der Waals surface area contributed by atoms with Crippen LogP contribution < -0.4 is 20.5 Å². The van der Waals surface area contributed by atoms with E-state index in [1.54, 1.807) is 24.3 Å². The second-order valence-corrected chi connectivity index (χ2v) is 3.28. The molecule has 0 unspecified atom stereocenters. The molecule has 94 valence electrons. The topological polar surface area (TPSA) is 97.4 Å². The monoisotopic (exact) mass is 247 g/mol. The van der Waals surface area contributed by atoms with Gasteiger partial charge in [0, 0.05) is 30.1 Å². The Bertz CT molecular complexity index is 496. The average Bonchev–Trinajstić information content (AvgIpc) is 2.38. The Morgan fingerprint density at radius 3 is 2.28 bits per heavy atom. The first-order valence-corrected chi connectivity index (χ1v) is 5.00. The molecule has 0 heterocycles. The summed E-state index contributed by atoms with van der Waals surface area (Å²) in [5.41, 5.74) is 5.45. The normalized spacial score (nSPS) is 10.4. The summed E-state index contributed by atoms with van der Waals surface area (Å²) >= 11 is 0. The fraction of sp³-hybridized carbons (Fsp3) is 0.167. The zero-order valence-corrected chi connectivity index (χ0v) is 10.1. The molecule has 0 saturated carbocycles. The minimum atomic E-state index is -0.792. The van der Waals surface area contributed by atoms with Crippen LogP contribution in [0.2, 0.25) is 0 Å². The number of carbonyl (C=O) groups excluding carboxylic acids is 1. The van der Waals surface area contributed by atoms with Gasteiger partial charge in [-0.15, -0.1) is 0 Å². The Kier molecular flexibility index (Phi) is 4.58. The lowest BCUT2D eigenvalue weighted by Crippen LogP contribution is -2.13. The highest BCUT2D eigenvalue weighted by Gasteiger charge is 2.04. The number of primary amides is 1. The van der Waals surface area contributed by atoms with Crippen molar-refractivity contribution in [3.63, 3.8) is 0 Å². The number of rotatable bonds is 5. The van der Waals surface area contributed by atoms with Crippen LogP contribution in [0, 0.1) is 11.3 Å². The summed E-state index contributed by atoms with van der Waals surface area (Å²) in [6.45, 7) is 0. The van der Waals surface area contributed by atoms with E-state index in [9.17, 15) is 4.79 Å². The molecule has 0 bridgehead atoms. The van der Waals surface area contributed by atoms with Crippen molar-refractivity contribution in [1.82, 2.24) is 0 Å². The molecule has 1 aromatic rings. The smallest absolute Gasteiger partial charge is 0.260 e. The molecule has 0 aliphatic rings. The lowest BCUT2D eigenvalue weighted by Gasteiger charge is -2.08. The molecule has 3 N–H and O–H groups in total. The highest BCUT2D eigenvalue weighted by Crippen LogP contribution is 2.25. The van der Waals surface area contributed by atoms with E-state index in [1.807, 2.05) is 0 Å². The van der Waals surface area contributed by atoms with Gasteiger partial charge in [0.15, 0.2) is 0 Å². The molecule has 1 aromatic carbocycles. The summed E-state index contributed by atoms with van der Waals surface area (Å²) in [6, 6.07) is 6.77. The Morgan fingerprint density at radius 2 is 1.89 bits per heavy atom. The number of hydrogen-bond donors (Lipinski definition) is 2. The molecule has 18 heavy (non-hydrogen) atoms. The summed E-state index contributed by atoms with van der Waals surface area (Å²) in [7, 11) is 3.05. The third-order valence-corrected chi connectivity index (χ3v) is 2.12. The first kappa shape index (κ1) is 13.4. The molecule has 0 aliphatic carbocycles. The second-order valence-electron chi connectivity index (χ2n) is 3.28. The van der Waals surface area contributed by atoms with Gasteiger partial charge in [0.2, 0.25) is 0 Å². The molecule has 0 spiro atoms. The van der Waals surface area contributed by atoms with Gasteiger partial charge in [-0.1, -0.05) is 0 Å². The largest absolute Gasteiger partial charge is 0.497 e. The SMILES string of the molecule is COc1cc(N/C=C(/C#N)C(N)=O)cc(OC)c1. The highest BCUT2D eigenvalue weighted by atomic mass is 16.5. The molecule has 0 aromatic heterocycles. The minimum Gasteiger partial charge on any atom is -0.497 e. The second kappa shape index (κ2) is 6.15. The van der Waals surface area contributed by atoms with Crippen LogP contribution in [0.5, 0.6) is 11.5 Å². The van der Waals surface area contributed by atoms with E-state index < -0.39 is 5.91 Å².